The molecule has 1 unspecified atom stereocenters. The monoisotopic (exact) mass is 380 g/mol. The standard InChI is InChI=1S/C19H24N8O/c1-25-6-8-26(9-7-25)14-2-3-16(21-12-14)23-19-22-11-13-10-15-18(28)20-4-5-27(15)17(13)24-19/h2-3,10-12,18,20,28H,4-9H2,1H3,(H,21,22,23,24). The van der Waals surface area contributed by atoms with Crippen LogP contribution in [0, 0.1) is 0 Å². The summed E-state index contributed by atoms with van der Waals surface area (Å²) in [7, 11) is 2.15. The first-order valence-corrected chi connectivity index (χ1v) is 9.61. The number of nitrogens with zero attached hydrogens (tertiary/aromatic N) is 6. The van der Waals surface area contributed by atoms with Crippen LogP contribution in [-0.2, 0) is 6.54 Å². The molecular weight excluding hydrogens is 356 g/mol. The number of aliphatic hydroxyl groups excluding tert-OH is 1. The quantitative estimate of drug-likeness (QED) is 0.618. The van der Waals surface area contributed by atoms with Crippen molar-refractivity contribution in [2.45, 2.75) is 12.8 Å². The molecule has 28 heavy (non-hydrogen) atoms. The highest BCUT2D eigenvalue weighted by Crippen LogP contribution is 2.25. The van der Waals surface area contributed by atoms with Gasteiger partial charge in [0, 0.05) is 50.9 Å². The van der Waals surface area contributed by atoms with Crippen molar-refractivity contribution >= 4 is 28.5 Å². The number of nitrogens with one attached hydrogen (secondary N) is 2. The first-order valence-electron chi connectivity index (χ1n) is 9.61. The lowest BCUT2D eigenvalue weighted by Crippen LogP contribution is -2.44. The van der Waals surface area contributed by atoms with E-state index >= 15 is 0 Å². The second kappa shape index (κ2) is 7.01. The Bertz CT molecular complexity index is 978. The van der Waals surface area contributed by atoms with Gasteiger partial charge in [0.1, 0.15) is 17.7 Å². The largest absolute Gasteiger partial charge is 0.373 e. The van der Waals surface area contributed by atoms with Gasteiger partial charge >= 0.3 is 0 Å². The first-order chi connectivity index (χ1) is 13.7. The fraction of sp³-hybridized carbons (Fsp3) is 0.421. The van der Waals surface area contributed by atoms with Crippen LogP contribution in [0.3, 0.4) is 0 Å². The fourth-order valence-electron chi connectivity index (χ4n) is 3.83. The smallest absolute Gasteiger partial charge is 0.230 e. The molecule has 5 rings (SSSR count). The van der Waals surface area contributed by atoms with Crippen LogP contribution in [0.2, 0.25) is 0 Å². The summed E-state index contributed by atoms with van der Waals surface area (Å²) in [6.45, 7) is 5.65. The van der Waals surface area contributed by atoms with Crippen LogP contribution in [0.15, 0.2) is 30.6 Å². The van der Waals surface area contributed by atoms with Crippen molar-refractivity contribution in [3.05, 3.63) is 36.3 Å². The van der Waals surface area contributed by atoms with Gasteiger partial charge in [-0.2, -0.15) is 4.98 Å². The van der Waals surface area contributed by atoms with Crippen LogP contribution < -0.4 is 15.5 Å². The highest BCUT2D eigenvalue weighted by molar-refractivity contribution is 5.78. The Labute approximate surface area is 163 Å². The summed E-state index contributed by atoms with van der Waals surface area (Å²) in [5, 5.41) is 17.3. The molecule has 146 valence electrons. The average molecular weight is 380 g/mol. The summed E-state index contributed by atoms with van der Waals surface area (Å²) in [5.74, 6) is 1.21. The Balaban J connectivity index is 1.35. The van der Waals surface area contributed by atoms with E-state index < -0.39 is 6.23 Å². The van der Waals surface area contributed by atoms with E-state index in [2.05, 4.69) is 48.5 Å². The van der Waals surface area contributed by atoms with E-state index in [1.807, 2.05) is 22.9 Å². The number of aliphatic hydroxyl groups is 1. The summed E-state index contributed by atoms with van der Waals surface area (Å²) >= 11 is 0. The molecule has 0 radical (unpaired) electrons. The molecule has 2 aliphatic rings. The molecule has 1 atom stereocenters. The molecule has 5 heterocycles. The molecule has 3 aromatic rings. The van der Waals surface area contributed by atoms with Crippen LogP contribution in [0.25, 0.3) is 11.0 Å². The maximum atomic E-state index is 10.1. The number of piperazine rings is 1. The Morgan fingerprint density at radius 1 is 1.11 bits per heavy atom. The van der Waals surface area contributed by atoms with Gasteiger partial charge in [0.05, 0.1) is 17.6 Å². The molecule has 9 heteroatoms. The van der Waals surface area contributed by atoms with Crippen molar-refractivity contribution in [3.8, 4) is 0 Å². The van der Waals surface area contributed by atoms with E-state index in [9.17, 15) is 5.11 Å². The molecule has 2 aliphatic heterocycles. The zero-order valence-corrected chi connectivity index (χ0v) is 15.8. The normalized spacial score (nSPS) is 20.4. The first kappa shape index (κ1) is 17.4. The molecule has 0 spiro atoms. The highest BCUT2D eigenvalue weighted by atomic mass is 16.3. The van der Waals surface area contributed by atoms with E-state index in [0.29, 0.717) is 18.3 Å². The van der Waals surface area contributed by atoms with Crippen molar-refractivity contribution in [3.63, 3.8) is 0 Å². The maximum absolute atomic E-state index is 10.1. The van der Waals surface area contributed by atoms with Crippen molar-refractivity contribution in [1.82, 2.24) is 29.7 Å². The number of anilines is 3. The summed E-state index contributed by atoms with van der Waals surface area (Å²) in [4.78, 5) is 18.3. The van der Waals surface area contributed by atoms with Crippen LogP contribution in [-0.4, -0.2) is 69.3 Å². The van der Waals surface area contributed by atoms with E-state index in [1.165, 1.54) is 0 Å². The second-order valence-corrected chi connectivity index (χ2v) is 7.37. The minimum absolute atomic E-state index is 0.501. The molecule has 0 saturated carbocycles. The van der Waals surface area contributed by atoms with Gasteiger partial charge < -0.3 is 24.8 Å². The third kappa shape index (κ3) is 3.17. The van der Waals surface area contributed by atoms with Gasteiger partial charge in [0.15, 0.2) is 0 Å². The third-order valence-electron chi connectivity index (χ3n) is 5.48. The van der Waals surface area contributed by atoms with E-state index in [4.69, 9.17) is 0 Å². The van der Waals surface area contributed by atoms with Gasteiger partial charge in [0.25, 0.3) is 0 Å². The Kier molecular flexibility index (Phi) is 4.34. The summed E-state index contributed by atoms with van der Waals surface area (Å²) in [6, 6.07) is 5.97. The van der Waals surface area contributed by atoms with Gasteiger partial charge in [-0.15, -0.1) is 0 Å². The van der Waals surface area contributed by atoms with Gasteiger partial charge in [-0.1, -0.05) is 0 Å². The summed E-state index contributed by atoms with van der Waals surface area (Å²) in [5.41, 5.74) is 2.78. The minimum Gasteiger partial charge on any atom is -0.373 e. The van der Waals surface area contributed by atoms with Gasteiger partial charge in [-0.3, -0.25) is 5.32 Å². The molecule has 1 saturated heterocycles. The average Bonchev–Trinajstić information content (AvgIpc) is 3.09. The maximum Gasteiger partial charge on any atom is 0.230 e. The molecular formula is C19H24N8O. The van der Waals surface area contributed by atoms with Crippen molar-refractivity contribution < 1.29 is 5.11 Å². The number of aromatic nitrogens is 4. The molecule has 1 fully saturated rings. The van der Waals surface area contributed by atoms with Crippen molar-refractivity contribution in [2.75, 3.05) is 50.0 Å². The van der Waals surface area contributed by atoms with Crippen LogP contribution >= 0.6 is 0 Å². The van der Waals surface area contributed by atoms with Crippen LogP contribution in [0.5, 0.6) is 0 Å². The lowest BCUT2D eigenvalue weighted by atomic mass is 10.3. The number of rotatable bonds is 3. The predicted molar refractivity (Wildman–Crippen MR) is 108 cm³/mol. The number of fused-ring (bicyclic) bond motifs is 3. The number of hydrogen-bond donors (Lipinski definition) is 3. The van der Waals surface area contributed by atoms with E-state index in [0.717, 1.165) is 55.1 Å². The Morgan fingerprint density at radius 3 is 2.75 bits per heavy atom. The molecule has 3 aromatic heterocycles. The van der Waals surface area contributed by atoms with Gasteiger partial charge in [-0.05, 0) is 25.2 Å². The van der Waals surface area contributed by atoms with Crippen molar-refractivity contribution in [1.29, 1.82) is 0 Å². The molecule has 0 aromatic carbocycles. The molecule has 9 nitrogen and oxygen atoms in total. The molecule has 0 amide bonds. The van der Waals surface area contributed by atoms with Gasteiger partial charge in [-0.25, -0.2) is 9.97 Å². The molecule has 0 bridgehead atoms. The number of hydrogen-bond acceptors (Lipinski definition) is 8. The summed E-state index contributed by atoms with van der Waals surface area (Å²) in [6.07, 6.45) is 3.01. The number of likely N-dealkylation sites (N-methyl/N-ethyl adjacent to an activating group) is 1. The lowest BCUT2D eigenvalue weighted by Gasteiger charge is -2.33. The highest BCUT2D eigenvalue weighted by Gasteiger charge is 2.21. The van der Waals surface area contributed by atoms with Crippen molar-refractivity contribution in [2.24, 2.45) is 0 Å². The predicted octanol–water partition coefficient (Wildman–Crippen LogP) is 0.916. The van der Waals surface area contributed by atoms with E-state index in [1.54, 1.807) is 6.20 Å². The third-order valence-corrected chi connectivity index (χ3v) is 5.48. The van der Waals surface area contributed by atoms with Crippen LogP contribution in [0.1, 0.15) is 11.9 Å². The topological polar surface area (TPSA) is 94.4 Å². The second-order valence-electron chi connectivity index (χ2n) is 7.37. The fourth-order valence-corrected chi connectivity index (χ4v) is 3.83. The lowest BCUT2D eigenvalue weighted by molar-refractivity contribution is 0.116. The van der Waals surface area contributed by atoms with Gasteiger partial charge in [0.2, 0.25) is 5.95 Å². The minimum atomic E-state index is -0.664. The summed E-state index contributed by atoms with van der Waals surface area (Å²) < 4.78 is 2.03. The zero-order chi connectivity index (χ0) is 19.1. The molecule has 3 N–H and O–H groups in total. The molecule has 0 aliphatic carbocycles. The van der Waals surface area contributed by atoms with E-state index in [-0.39, 0.29) is 0 Å². The zero-order valence-electron chi connectivity index (χ0n) is 15.8. The SMILES string of the molecule is CN1CCN(c2ccc(Nc3ncc4cc5n(c4n3)CCNC5O)nc2)CC1. The Hall–Kier alpha value is -2.75. The number of pyridine rings is 1. The van der Waals surface area contributed by atoms with Crippen LogP contribution in [0.4, 0.5) is 17.5 Å². The Morgan fingerprint density at radius 2 is 1.96 bits per heavy atom.